The molecule has 30 heavy (non-hydrogen) atoms. The molecular formula is C21H25BrClN3O2S2. The summed E-state index contributed by atoms with van der Waals surface area (Å²) >= 11 is 13.7. The Labute approximate surface area is 197 Å². The molecule has 0 spiro atoms. The first-order chi connectivity index (χ1) is 14.3. The fraction of sp³-hybridized carbons (Fsp3) is 0.429. The van der Waals surface area contributed by atoms with E-state index in [1.807, 2.05) is 6.07 Å². The highest BCUT2D eigenvalue weighted by atomic mass is 79.9. The van der Waals surface area contributed by atoms with E-state index < -0.39 is 0 Å². The fourth-order valence-electron chi connectivity index (χ4n) is 3.96. The van der Waals surface area contributed by atoms with Crippen LogP contribution in [0.1, 0.15) is 48.8 Å². The van der Waals surface area contributed by atoms with Crippen molar-refractivity contribution in [2.24, 2.45) is 11.1 Å². The van der Waals surface area contributed by atoms with Gasteiger partial charge in [-0.3, -0.25) is 4.79 Å². The molecule has 9 heteroatoms. The molecule has 1 saturated carbocycles. The van der Waals surface area contributed by atoms with Crippen LogP contribution in [-0.4, -0.2) is 22.6 Å². The molecule has 3 aromatic rings. The van der Waals surface area contributed by atoms with E-state index >= 15 is 0 Å². The smallest absolute Gasteiger partial charge is 0.290 e. The molecular weight excluding hydrogens is 506 g/mol. The normalized spacial score (nSPS) is 20.4. The van der Waals surface area contributed by atoms with E-state index in [0.29, 0.717) is 16.5 Å². The van der Waals surface area contributed by atoms with Crippen LogP contribution in [0.5, 0.6) is 0 Å². The van der Waals surface area contributed by atoms with Crippen LogP contribution in [0.4, 0.5) is 5.69 Å². The number of carboxylic acid groups (broad SMARTS) is 1. The molecule has 1 aliphatic rings. The van der Waals surface area contributed by atoms with Crippen molar-refractivity contribution < 1.29 is 9.90 Å². The van der Waals surface area contributed by atoms with Gasteiger partial charge in [-0.25, -0.2) is 4.98 Å². The fourth-order valence-corrected chi connectivity index (χ4v) is 7.09. The molecule has 0 radical (unpaired) electrons. The molecule has 1 aliphatic carbocycles. The number of halogens is 2. The molecule has 4 N–H and O–H groups in total. The summed E-state index contributed by atoms with van der Waals surface area (Å²) in [7, 11) is 0. The lowest BCUT2D eigenvalue weighted by Gasteiger charge is -2.38. The molecule has 162 valence electrons. The summed E-state index contributed by atoms with van der Waals surface area (Å²) in [6.45, 7) is 5.17. The number of aromatic nitrogens is 1. The van der Waals surface area contributed by atoms with Gasteiger partial charge in [0.2, 0.25) is 0 Å². The summed E-state index contributed by atoms with van der Waals surface area (Å²) in [5.74, 6) is 0.371. The summed E-state index contributed by atoms with van der Waals surface area (Å²) in [5.41, 5.74) is 8.90. The van der Waals surface area contributed by atoms with E-state index in [2.05, 4.69) is 57.6 Å². The lowest BCUT2D eigenvalue weighted by molar-refractivity contribution is -0.122. The number of carbonyl (C=O) groups is 1. The average Bonchev–Trinajstić information content (AvgIpc) is 3.29. The van der Waals surface area contributed by atoms with E-state index in [0.717, 1.165) is 39.8 Å². The molecule has 0 bridgehead atoms. The van der Waals surface area contributed by atoms with Crippen molar-refractivity contribution >= 4 is 72.6 Å². The molecule has 0 unspecified atom stereocenters. The largest absolute Gasteiger partial charge is 0.483 e. The molecule has 0 aliphatic heterocycles. The SMILES string of the molecule is CC1(C)CC[C@H](c2sc3c(NCc4cccs4)cc(Cl)nc3c2Br)[C@@H](N)C1.O=CO. The first-order valence-electron chi connectivity index (χ1n) is 9.64. The number of rotatable bonds is 4. The second-order valence-electron chi connectivity index (χ2n) is 8.17. The molecule has 3 aromatic heterocycles. The number of fused-ring (bicyclic) bond motifs is 1. The maximum absolute atomic E-state index is 8.36. The van der Waals surface area contributed by atoms with Gasteiger partial charge in [-0.1, -0.05) is 31.5 Å². The topological polar surface area (TPSA) is 88.2 Å². The Balaban J connectivity index is 0.000000806. The van der Waals surface area contributed by atoms with Crippen LogP contribution in [-0.2, 0) is 11.3 Å². The van der Waals surface area contributed by atoms with Crippen LogP contribution in [0, 0.1) is 5.41 Å². The highest BCUT2D eigenvalue weighted by Gasteiger charge is 2.36. The summed E-state index contributed by atoms with van der Waals surface area (Å²) in [4.78, 5) is 15.6. The van der Waals surface area contributed by atoms with Crippen LogP contribution in [0.2, 0.25) is 5.15 Å². The molecule has 2 atom stereocenters. The predicted molar refractivity (Wildman–Crippen MR) is 131 cm³/mol. The van der Waals surface area contributed by atoms with Crippen molar-refractivity contribution in [3.8, 4) is 0 Å². The molecule has 4 rings (SSSR count). The number of thiophene rings is 2. The van der Waals surface area contributed by atoms with Gasteiger partial charge in [-0.05, 0) is 52.1 Å². The van der Waals surface area contributed by atoms with E-state index in [1.54, 1.807) is 22.7 Å². The maximum atomic E-state index is 8.36. The summed E-state index contributed by atoms with van der Waals surface area (Å²) in [5, 5.41) is 13.0. The summed E-state index contributed by atoms with van der Waals surface area (Å²) in [6.07, 6.45) is 3.37. The third kappa shape index (κ3) is 5.34. The van der Waals surface area contributed by atoms with E-state index in [-0.39, 0.29) is 12.5 Å². The monoisotopic (exact) mass is 529 g/mol. The number of hydrogen-bond acceptors (Lipinski definition) is 6. The quantitative estimate of drug-likeness (QED) is 0.258. The second-order valence-corrected chi connectivity index (χ2v) is 11.4. The zero-order chi connectivity index (χ0) is 21.9. The number of anilines is 1. The zero-order valence-corrected chi connectivity index (χ0v) is 20.8. The predicted octanol–water partition coefficient (Wildman–Crippen LogP) is 6.71. The first kappa shape index (κ1) is 23.5. The standard InChI is InChI=1S/C20H23BrClN3S2.CH2O2/c1-20(2)6-5-12(13(23)9-20)18-16(21)17-19(27-18)14(8-15(22)25-17)24-10-11-4-3-7-26-11;2-1-3/h3-4,7-8,12-13H,5-6,9-10,23H2,1-2H3,(H,24,25);1H,(H,2,3)/t12-,13-;/m0./s1. The van der Waals surface area contributed by atoms with Gasteiger partial charge < -0.3 is 16.2 Å². The van der Waals surface area contributed by atoms with Crippen molar-refractivity contribution in [2.45, 2.75) is 51.6 Å². The molecule has 0 saturated heterocycles. The Bertz CT molecular complexity index is 1010. The van der Waals surface area contributed by atoms with E-state index in [4.69, 9.17) is 27.2 Å². The number of hydrogen-bond donors (Lipinski definition) is 3. The van der Waals surface area contributed by atoms with Crippen molar-refractivity contribution in [1.29, 1.82) is 0 Å². The Morgan fingerprint density at radius 1 is 1.50 bits per heavy atom. The number of nitrogens with zero attached hydrogens (tertiary/aromatic N) is 1. The third-order valence-corrected chi connectivity index (χ3v) is 8.86. The van der Waals surface area contributed by atoms with Gasteiger partial charge in [0.25, 0.3) is 6.47 Å². The van der Waals surface area contributed by atoms with Crippen molar-refractivity contribution in [3.05, 3.63) is 43.0 Å². The molecule has 3 heterocycles. The average molecular weight is 531 g/mol. The lowest BCUT2D eigenvalue weighted by Crippen LogP contribution is -2.38. The summed E-state index contributed by atoms with van der Waals surface area (Å²) < 4.78 is 2.21. The van der Waals surface area contributed by atoms with Crippen LogP contribution < -0.4 is 11.1 Å². The van der Waals surface area contributed by atoms with Crippen molar-refractivity contribution in [3.63, 3.8) is 0 Å². The van der Waals surface area contributed by atoms with Gasteiger partial charge in [0.05, 0.1) is 20.4 Å². The van der Waals surface area contributed by atoms with E-state index in [9.17, 15) is 0 Å². The van der Waals surface area contributed by atoms with Crippen LogP contribution in [0.15, 0.2) is 28.1 Å². The van der Waals surface area contributed by atoms with Crippen molar-refractivity contribution in [1.82, 2.24) is 4.98 Å². The third-order valence-electron chi connectivity index (χ3n) is 5.39. The van der Waals surface area contributed by atoms with Gasteiger partial charge in [-0.15, -0.1) is 22.7 Å². The minimum Gasteiger partial charge on any atom is -0.483 e. The Hall–Kier alpha value is -1.19. The van der Waals surface area contributed by atoms with Gasteiger partial charge in [-0.2, -0.15) is 0 Å². The Morgan fingerprint density at radius 2 is 2.23 bits per heavy atom. The number of pyridine rings is 1. The van der Waals surface area contributed by atoms with E-state index in [1.165, 1.54) is 16.2 Å². The highest BCUT2D eigenvalue weighted by molar-refractivity contribution is 9.10. The number of nitrogens with two attached hydrogens (primary N) is 1. The zero-order valence-electron chi connectivity index (χ0n) is 16.8. The Kier molecular flexibility index (Phi) is 7.79. The van der Waals surface area contributed by atoms with Crippen LogP contribution in [0.3, 0.4) is 0 Å². The minimum absolute atomic E-state index is 0.177. The number of nitrogens with one attached hydrogen (secondary N) is 1. The maximum Gasteiger partial charge on any atom is 0.290 e. The van der Waals surface area contributed by atoms with Crippen LogP contribution >= 0.6 is 50.2 Å². The van der Waals surface area contributed by atoms with Gasteiger partial charge >= 0.3 is 0 Å². The van der Waals surface area contributed by atoms with Gasteiger partial charge in [0, 0.05) is 34.3 Å². The Morgan fingerprint density at radius 3 is 2.87 bits per heavy atom. The minimum atomic E-state index is -0.250. The van der Waals surface area contributed by atoms with Gasteiger partial charge in [0.15, 0.2) is 0 Å². The molecule has 5 nitrogen and oxygen atoms in total. The van der Waals surface area contributed by atoms with Crippen molar-refractivity contribution in [2.75, 3.05) is 5.32 Å². The molecule has 0 amide bonds. The van der Waals surface area contributed by atoms with Crippen LogP contribution in [0.25, 0.3) is 10.2 Å². The summed E-state index contributed by atoms with van der Waals surface area (Å²) in [6, 6.07) is 6.31. The first-order valence-corrected chi connectivity index (χ1v) is 12.5. The highest BCUT2D eigenvalue weighted by Crippen LogP contribution is 2.49. The molecule has 0 aromatic carbocycles. The second kappa shape index (κ2) is 9.96. The molecule has 1 fully saturated rings. The van der Waals surface area contributed by atoms with Gasteiger partial charge in [0.1, 0.15) is 5.15 Å². The lowest BCUT2D eigenvalue weighted by atomic mass is 9.70.